The highest BCUT2D eigenvalue weighted by Gasteiger charge is 2.09. The molecule has 23 heavy (non-hydrogen) atoms. The third-order valence-electron chi connectivity index (χ3n) is 3.55. The van der Waals surface area contributed by atoms with Gasteiger partial charge in [0.15, 0.2) is 0 Å². The SMILES string of the molecule is Cc1ccccc1OCC(O)COc1cccc2cccnc12. The van der Waals surface area contributed by atoms with Crippen molar-refractivity contribution in [2.24, 2.45) is 0 Å². The van der Waals surface area contributed by atoms with Gasteiger partial charge in [0.2, 0.25) is 0 Å². The van der Waals surface area contributed by atoms with Crippen molar-refractivity contribution in [2.75, 3.05) is 13.2 Å². The molecule has 118 valence electrons. The summed E-state index contributed by atoms with van der Waals surface area (Å²) in [5, 5.41) is 11.1. The summed E-state index contributed by atoms with van der Waals surface area (Å²) in [6.07, 6.45) is 1.01. The average molecular weight is 309 g/mol. The number of aliphatic hydroxyl groups is 1. The van der Waals surface area contributed by atoms with E-state index in [4.69, 9.17) is 9.47 Å². The summed E-state index contributed by atoms with van der Waals surface area (Å²) in [5.41, 5.74) is 1.83. The summed E-state index contributed by atoms with van der Waals surface area (Å²) in [5.74, 6) is 1.44. The van der Waals surface area contributed by atoms with Crippen molar-refractivity contribution >= 4 is 10.9 Å². The fraction of sp³-hybridized carbons (Fsp3) is 0.211. The van der Waals surface area contributed by atoms with Crippen LogP contribution in [0, 0.1) is 6.92 Å². The van der Waals surface area contributed by atoms with Gasteiger partial charge in [-0.2, -0.15) is 0 Å². The lowest BCUT2D eigenvalue weighted by molar-refractivity contribution is 0.0629. The molecule has 4 nitrogen and oxygen atoms in total. The van der Waals surface area contributed by atoms with Crippen LogP contribution in [0.2, 0.25) is 0 Å². The van der Waals surface area contributed by atoms with Crippen molar-refractivity contribution in [1.82, 2.24) is 4.98 Å². The molecule has 0 aliphatic carbocycles. The molecule has 0 amide bonds. The number of aryl methyl sites for hydroxylation is 1. The van der Waals surface area contributed by atoms with Crippen LogP contribution in [0.15, 0.2) is 60.8 Å². The fourth-order valence-electron chi connectivity index (χ4n) is 2.33. The number of benzene rings is 2. The Hall–Kier alpha value is -2.59. The lowest BCUT2D eigenvalue weighted by Gasteiger charge is -2.15. The van der Waals surface area contributed by atoms with Crippen molar-refractivity contribution in [3.05, 3.63) is 66.4 Å². The Balaban J connectivity index is 1.58. The van der Waals surface area contributed by atoms with Crippen LogP contribution in [0.4, 0.5) is 0 Å². The van der Waals surface area contributed by atoms with Gasteiger partial charge < -0.3 is 14.6 Å². The van der Waals surface area contributed by atoms with Gasteiger partial charge in [-0.15, -0.1) is 0 Å². The van der Waals surface area contributed by atoms with Crippen LogP contribution in [0.5, 0.6) is 11.5 Å². The van der Waals surface area contributed by atoms with Gasteiger partial charge in [-0.05, 0) is 30.7 Å². The molecule has 0 saturated heterocycles. The fourth-order valence-corrected chi connectivity index (χ4v) is 2.33. The summed E-state index contributed by atoms with van der Waals surface area (Å²) >= 11 is 0. The lowest BCUT2D eigenvalue weighted by atomic mass is 10.2. The second-order valence-corrected chi connectivity index (χ2v) is 5.37. The van der Waals surface area contributed by atoms with Gasteiger partial charge in [0.05, 0.1) is 0 Å². The molecule has 0 fully saturated rings. The van der Waals surface area contributed by atoms with Gasteiger partial charge in [-0.25, -0.2) is 0 Å². The van der Waals surface area contributed by atoms with Crippen molar-refractivity contribution in [3.8, 4) is 11.5 Å². The molecular formula is C19H19NO3. The standard InChI is InChI=1S/C19H19NO3/c1-14-6-2-3-9-17(14)22-12-16(21)13-23-18-10-4-7-15-8-5-11-20-19(15)18/h2-11,16,21H,12-13H2,1H3. The van der Waals surface area contributed by atoms with Crippen LogP contribution in [-0.2, 0) is 0 Å². The number of rotatable bonds is 6. The normalized spacial score (nSPS) is 12.1. The van der Waals surface area contributed by atoms with Crippen LogP contribution in [0.25, 0.3) is 10.9 Å². The summed E-state index contributed by atoms with van der Waals surface area (Å²) in [7, 11) is 0. The highest BCUT2D eigenvalue weighted by Crippen LogP contribution is 2.23. The van der Waals surface area contributed by atoms with Gasteiger partial charge in [0.25, 0.3) is 0 Å². The third kappa shape index (κ3) is 3.79. The highest BCUT2D eigenvalue weighted by molar-refractivity contribution is 5.84. The molecule has 0 saturated carbocycles. The first-order chi connectivity index (χ1) is 11.2. The molecule has 1 aromatic heterocycles. The predicted octanol–water partition coefficient (Wildman–Crippen LogP) is 3.36. The Morgan fingerprint density at radius 1 is 0.913 bits per heavy atom. The Morgan fingerprint density at radius 3 is 2.43 bits per heavy atom. The lowest BCUT2D eigenvalue weighted by Crippen LogP contribution is -2.25. The zero-order chi connectivity index (χ0) is 16.1. The maximum absolute atomic E-state index is 10.1. The van der Waals surface area contributed by atoms with Crippen molar-refractivity contribution in [2.45, 2.75) is 13.0 Å². The molecule has 2 aromatic carbocycles. The van der Waals surface area contributed by atoms with E-state index in [9.17, 15) is 5.11 Å². The number of fused-ring (bicyclic) bond motifs is 1. The molecule has 3 rings (SSSR count). The number of para-hydroxylation sites is 2. The molecule has 0 aliphatic rings. The number of aliphatic hydroxyl groups excluding tert-OH is 1. The predicted molar refractivity (Wildman–Crippen MR) is 89.9 cm³/mol. The van der Waals surface area contributed by atoms with E-state index in [0.29, 0.717) is 5.75 Å². The molecule has 0 spiro atoms. The summed E-state index contributed by atoms with van der Waals surface area (Å²) in [6.45, 7) is 2.31. The van der Waals surface area contributed by atoms with E-state index in [1.165, 1.54) is 0 Å². The van der Waals surface area contributed by atoms with Gasteiger partial charge in [0, 0.05) is 11.6 Å². The Morgan fingerprint density at radius 2 is 1.61 bits per heavy atom. The van der Waals surface area contributed by atoms with E-state index in [1.54, 1.807) is 6.20 Å². The Bertz CT molecular complexity index is 783. The first-order valence-electron chi connectivity index (χ1n) is 7.57. The molecule has 0 bridgehead atoms. The van der Waals surface area contributed by atoms with Crippen molar-refractivity contribution in [3.63, 3.8) is 0 Å². The van der Waals surface area contributed by atoms with Gasteiger partial charge in [0.1, 0.15) is 36.3 Å². The molecule has 4 heteroatoms. The Kier molecular flexibility index (Phi) is 4.74. The average Bonchev–Trinajstić information content (AvgIpc) is 2.59. The van der Waals surface area contributed by atoms with E-state index in [2.05, 4.69) is 4.98 Å². The summed E-state index contributed by atoms with van der Waals surface area (Å²) < 4.78 is 11.3. The number of pyridine rings is 1. The van der Waals surface area contributed by atoms with Gasteiger partial charge in [-0.3, -0.25) is 4.98 Å². The van der Waals surface area contributed by atoms with E-state index in [1.807, 2.05) is 61.5 Å². The quantitative estimate of drug-likeness (QED) is 0.758. The number of ether oxygens (including phenoxy) is 2. The number of aromatic nitrogens is 1. The number of hydrogen-bond donors (Lipinski definition) is 1. The molecule has 3 aromatic rings. The van der Waals surface area contributed by atoms with Gasteiger partial charge >= 0.3 is 0 Å². The topological polar surface area (TPSA) is 51.6 Å². The molecule has 1 unspecified atom stereocenters. The maximum Gasteiger partial charge on any atom is 0.145 e. The molecule has 0 radical (unpaired) electrons. The third-order valence-corrected chi connectivity index (χ3v) is 3.55. The molecule has 0 aliphatic heterocycles. The Labute approximate surface area is 135 Å². The minimum Gasteiger partial charge on any atom is -0.490 e. The van der Waals surface area contributed by atoms with Crippen LogP contribution >= 0.6 is 0 Å². The van der Waals surface area contributed by atoms with E-state index >= 15 is 0 Å². The molecule has 1 atom stereocenters. The van der Waals surface area contributed by atoms with Crippen LogP contribution < -0.4 is 9.47 Å². The summed E-state index contributed by atoms with van der Waals surface area (Å²) in [4.78, 5) is 4.33. The monoisotopic (exact) mass is 309 g/mol. The van der Waals surface area contributed by atoms with E-state index in [-0.39, 0.29) is 13.2 Å². The van der Waals surface area contributed by atoms with Crippen molar-refractivity contribution in [1.29, 1.82) is 0 Å². The highest BCUT2D eigenvalue weighted by atomic mass is 16.5. The molecule has 1 N–H and O–H groups in total. The first kappa shape index (κ1) is 15.3. The zero-order valence-electron chi connectivity index (χ0n) is 13.0. The molecule has 1 heterocycles. The number of nitrogens with zero attached hydrogens (tertiary/aromatic N) is 1. The van der Waals surface area contributed by atoms with E-state index in [0.717, 1.165) is 22.2 Å². The number of hydrogen-bond acceptors (Lipinski definition) is 4. The molecular weight excluding hydrogens is 290 g/mol. The maximum atomic E-state index is 10.1. The first-order valence-corrected chi connectivity index (χ1v) is 7.57. The second-order valence-electron chi connectivity index (χ2n) is 5.37. The second kappa shape index (κ2) is 7.11. The smallest absolute Gasteiger partial charge is 0.145 e. The minimum absolute atomic E-state index is 0.154. The summed E-state index contributed by atoms with van der Waals surface area (Å²) in [6, 6.07) is 17.3. The van der Waals surface area contributed by atoms with Crippen molar-refractivity contribution < 1.29 is 14.6 Å². The van der Waals surface area contributed by atoms with Crippen LogP contribution in [0.1, 0.15) is 5.56 Å². The van der Waals surface area contributed by atoms with Crippen LogP contribution in [0.3, 0.4) is 0 Å². The van der Waals surface area contributed by atoms with E-state index < -0.39 is 6.10 Å². The largest absolute Gasteiger partial charge is 0.490 e. The zero-order valence-corrected chi connectivity index (χ0v) is 13.0. The minimum atomic E-state index is -0.714. The van der Waals surface area contributed by atoms with Crippen LogP contribution in [-0.4, -0.2) is 29.4 Å². The van der Waals surface area contributed by atoms with Gasteiger partial charge in [-0.1, -0.05) is 36.4 Å².